The van der Waals surface area contributed by atoms with Gasteiger partial charge in [-0.15, -0.1) is 11.8 Å². The molecule has 0 fully saturated rings. The van der Waals surface area contributed by atoms with Crippen molar-refractivity contribution in [3.8, 4) is 0 Å². The molecular weight excluding hydrogens is 290 g/mol. The molecule has 2 aromatic rings. The largest absolute Gasteiger partial charge is 0.349 e. The lowest BCUT2D eigenvalue weighted by atomic mass is 9.99. The van der Waals surface area contributed by atoms with Crippen LogP contribution in [0.3, 0.4) is 0 Å². The predicted molar refractivity (Wildman–Crippen MR) is 97.3 cm³/mol. The van der Waals surface area contributed by atoms with Crippen molar-refractivity contribution in [1.29, 1.82) is 0 Å². The Hall–Kier alpha value is -1.48. The fourth-order valence-electron chi connectivity index (χ4n) is 2.52. The zero-order chi connectivity index (χ0) is 15.9. The SMILES string of the molecule is CCCCSC(C)C(=O)NC(C)c1cccc2ccccc12. The highest BCUT2D eigenvalue weighted by atomic mass is 32.2. The van der Waals surface area contributed by atoms with Gasteiger partial charge in [0.15, 0.2) is 0 Å². The summed E-state index contributed by atoms with van der Waals surface area (Å²) in [5.74, 6) is 1.18. The maximum atomic E-state index is 12.3. The second kappa shape index (κ2) is 8.23. The van der Waals surface area contributed by atoms with E-state index in [0.29, 0.717) is 0 Å². The van der Waals surface area contributed by atoms with Crippen LogP contribution in [0.1, 0.15) is 45.2 Å². The first kappa shape index (κ1) is 16.9. The first-order valence-corrected chi connectivity index (χ1v) is 9.08. The number of amides is 1. The second-order valence-corrected chi connectivity index (χ2v) is 7.11. The molecule has 3 heteroatoms. The number of thioether (sulfide) groups is 1. The van der Waals surface area contributed by atoms with Crippen LogP contribution in [0, 0.1) is 0 Å². The summed E-state index contributed by atoms with van der Waals surface area (Å²) >= 11 is 1.74. The molecule has 0 bridgehead atoms. The van der Waals surface area contributed by atoms with Crippen LogP contribution in [0.4, 0.5) is 0 Å². The molecule has 0 aliphatic rings. The molecule has 2 nitrogen and oxygen atoms in total. The van der Waals surface area contributed by atoms with Crippen molar-refractivity contribution in [2.45, 2.75) is 44.9 Å². The lowest BCUT2D eigenvalue weighted by Crippen LogP contribution is -2.33. The van der Waals surface area contributed by atoms with Crippen molar-refractivity contribution in [2.24, 2.45) is 0 Å². The van der Waals surface area contributed by atoms with Gasteiger partial charge in [0.25, 0.3) is 0 Å². The molecule has 22 heavy (non-hydrogen) atoms. The Morgan fingerprint density at radius 1 is 1.14 bits per heavy atom. The summed E-state index contributed by atoms with van der Waals surface area (Å²) in [7, 11) is 0. The molecule has 0 radical (unpaired) electrons. The van der Waals surface area contributed by atoms with Crippen molar-refractivity contribution >= 4 is 28.4 Å². The summed E-state index contributed by atoms with van der Waals surface area (Å²) in [6.07, 6.45) is 2.34. The van der Waals surface area contributed by atoms with Gasteiger partial charge in [-0.05, 0) is 42.4 Å². The Kier molecular flexibility index (Phi) is 6.32. The lowest BCUT2D eigenvalue weighted by molar-refractivity contribution is -0.120. The Labute approximate surface area is 137 Å². The number of hydrogen-bond acceptors (Lipinski definition) is 2. The van der Waals surface area contributed by atoms with Gasteiger partial charge in [0.2, 0.25) is 5.91 Å². The number of carbonyl (C=O) groups is 1. The van der Waals surface area contributed by atoms with Gasteiger partial charge in [-0.2, -0.15) is 0 Å². The molecule has 0 aliphatic carbocycles. The Bertz CT molecular complexity index is 620. The van der Waals surface area contributed by atoms with Crippen molar-refractivity contribution in [3.05, 3.63) is 48.0 Å². The summed E-state index contributed by atoms with van der Waals surface area (Å²) in [5.41, 5.74) is 1.18. The average molecular weight is 315 g/mol. The van der Waals surface area contributed by atoms with Crippen LogP contribution in [0.2, 0.25) is 0 Å². The lowest BCUT2D eigenvalue weighted by Gasteiger charge is -2.19. The highest BCUT2D eigenvalue weighted by Gasteiger charge is 2.17. The fourth-order valence-corrected chi connectivity index (χ4v) is 3.54. The predicted octanol–water partition coefficient (Wildman–Crippen LogP) is 4.94. The van der Waals surface area contributed by atoms with Crippen LogP contribution < -0.4 is 5.32 Å². The smallest absolute Gasteiger partial charge is 0.233 e. The van der Waals surface area contributed by atoms with E-state index < -0.39 is 0 Å². The third-order valence-electron chi connectivity index (χ3n) is 3.88. The van der Waals surface area contributed by atoms with E-state index in [9.17, 15) is 4.79 Å². The standard InChI is InChI=1S/C19H25NOS/c1-4-5-13-22-15(3)19(21)20-14(2)17-12-8-10-16-9-6-7-11-18(16)17/h6-12,14-15H,4-5,13H2,1-3H3,(H,20,21). The minimum Gasteiger partial charge on any atom is -0.349 e. The quantitative estimate of drug-likeness (QED) is 0.733. The van der Waals surface area contributed by atoms with Crippen LogP contribution in [-0.2, 0) is 4.79 Å². The molecule has 2 atom stereocenters. The summed E-state index contributed by atoms with van der Waals surface area (Å²) in [6.45, 7) is 6.22. The summed E-state index contributed by atoms with van der Waals surface area (Å²) < 4.78 is 0. The van der Waals surface area contributed by atoms with Gasteiger partial charge in [0.05, 0.1) is 11.3 Å². The van der Waals surface area contributed by atoms with Gasteiger partial charge >= 0.3 is 0 Å². The zero-order valence-corrected chi connectivity index (χ0v) is 14.5. The number of carbonyl (C=O) groups excluding carboxylic acids is 1. The minimum absolute atomic E-state index is 0.00368. The molecule has 2 aromatic carbocycles. The monoisotopic (exact) mass is 315 g/mol. The number of nitrogens with one attached hydrogen (secondary N) is 1. The van der Waals surface area contributed by atoms with Crippen LogP contribution in [0.15, 0.2) is 42.5 Å². The van der Waals surface area contributed by atoms with E-state index in [4.69, 9.17) is 0 Å². The van der Waals surface area contributed by atoms with Gasteiger partial charge in [0.1, 0.15) is 0 Å². The van der Waals surface area contributed by atoms with E-state index in [1.165, 1.54) is 29.2 Å². The molecule has 0 spiro atoms. The average Bonchev–Trinajstić information content (AvgIpc) is 2.54. The Balaban J connectivity index is 2.04. The molecule has 0 saturated heterocycles. The van der Waals surface area contributed by atoms with E-state index in [1.54, 1.807) is 11.8 Å². The second-order valence-electron chi connectivity index (χ2n) is 5.67. The molecular formula is C19H25NOS. The van der Waals surface area contributed by atoms with Crippen LogP contribution >= 0.6 is 11.8 Å². The number of fused-ring (bicyclic) bond motifs is 1. The summed E-state index contributed by atoms with van der Waals surface area (Å²) in [5, 5.41) is 5.59. The molecule has 0 saturated carbocycles. The number of benzene rings is 2. The number of rotatable bonds is 7. The highest BCUT2D eigenvalue weighted by Crippen LogP contribution is 2.24. The highest BCUT2D eigenvalue weighted by molar-refractivity contribution is 8.00. The molecule has 0 heterocycles. The summed E-state index contributed by atoms with van der Waals surface area (Å²) in [6, 6.07) is 14.6. The Morgan fingerprint density at radius 2 is 1.86 bits per heavy atom. The molecule has 0 aromatic heterocycles. The number of unbranched alkanes of at least 4 members (excludes halogenated alkanes) is 1. The van der Waals surface area contributed by atoms with Crippen LogP contribution in [0.25, 0.3) is 10.8 Å². The van der Waals surface area contributed by atoms with E-state index in [2.05, 4.69) is 49.5 Å². The van der Waals surface area contributed by atoms with Gasteiger partial charge in [0, 0.05) is 0 Å². The van der Waals surface area contributed by atoms with Gasteiger partial charge < -0.3 is 5.32 Å². The summed E-state index contributed by atoms with van der Waals surface area (Å²) in [4.78, 5) is 12.3. The first-order chi connectivity index (χ1) is 10.6. The van der Waals surface area contributed by atoms with E-state index in [0.717, 1.165) is 5.75 Å². The van der Waals surface area contributed by atoms with E-state index in [1.807, 2.05) is 19.1 Å². The zero-order valence-electron chi connectivity index (χ0n) is 13.6. The normalized spacial score (nSPS) is 13.8. The molecule has 2 rings (SSSR count). The maximum absolute atomic E-state index is 12.3. The third-order valence-corrected chi connectivity index (χ3v) is 5.12. The molecule has 1 amide bonds. The van der Waals surface area contributed by atoms with E-state index >= 15 is 0 Å². The van der Waals surface area contributed by atoms with Crippen molar-refractivity contribution in [3.63, 3.8) is 0 Å². The van der Waals surface area contributed by atoms with Crippen LogP contribution in [0.5, 0.6) is 0 Å². The molecule has 118 valence electrons. The molecule has 0 aliphatic heterocycles. The van der Waals surface area contributed by atoms with Crippen molar-refractivity contribution in [1.82, 2.24) is 5.32 Å². The van der Waals surface area contributed by atoms with Gasteiger partial charge in [-0.3, -0.25) is 4.79 Å². The number of hydrogen-bond donors (Lipinski definition) is 1. The molecule has 1 N–H and O–H groups in total. The molecule has 2 unspecified atom stereocenters. The van der Waals surface area contributed by atoms with Crippen molar-refractivity contribution < 1.29 is 4.79 Å². The topological polar surface area (TPSA) is 29.1 Å². The first-order valence-electron chi connectivity index (χ1n) is 8.03. The third kappa shape index (κ3) is 4.26. The van der Waals surface area contributed by atoms with E-state index in [-0.39, 0.29) is 17.2 Å². The van der Waals surface area contributed by atoms with Gasteiger partial charge in [-0.25, -0.2) is 0 Å². The van der Waals surface area contributed by atoms with Crippen molar-refractivity contribution in [2.75, 3.05) is 5.75 Å². The maximum Gasteiger partial charge on any atom is 0.233 e. The minimum atomic E-state index is 0.00368. The fraction of sp³-hybridized carbons (Fsp3) is 0.421. The van der Waals surface area contributed by atoms with Crippen LogP contribution in [-0.4, -0.2) is 16.9 Å². The Morgan fingerprint density at radius 3 is 2.64 bits per heavy atom. The van der Waals surface area contributed by atoms with Gasteiger partial charge in [-0.1, -0.05) is 55.8 Å².